The molecular formula is C44H48Cl2IN14NaO7S2. The molecule has 2 aliphatic rings. The maximum atomic E-state index is 12.9. The van der Waals surface area contributed by atoms with Gasteiger partial charge in [-0.1, -0.05) is 59.2 Å². The van der Waals surface area contributed by atoms with Gasteiger partial charge in [0.2, 0.25) is 0 Å². The van der Waals surface area contributed by atoms with Crippen LogP contribution in [0.1, 0.15) is 37.3 Å². The van der Waals surface area contributed by atoms with Crippen molar-refractivity contribution in [3.8, 4) is 0 Å². The van der Waals surface area contributed by atoms with Crippen LogP contribution in [0.5, 0.6) is 0 Å². The molecule has 8 heterocycles. The van der Waals surface area contributed by atoms with Gasteiger partial charge in [-0.25, -0.2) is 39.9 Å². The van der Waals surface area contributed by atoms with Crippen molar-refractivity contribution < 1.29 is 77.5 Å². The molecule has 2 atom stereocenters. The molecule has 370 valence electrons. The van der Waals surface area contributed by atoms with E-state index in [4.69, 9.17) is 56.4 Å². The van der Waals surface area contributed by atoms with E-state index >= 15 is 0 Å². The number of thioether (sulfide) groups is 2. The Morgan fingerprint density at radius 3 is 1.66 bits per heavy atom. The monoisotopic (exact) mass is 1170 g/mol. The number of H-pyrrole nitrogens is 2. The van der Waals surface area contributed by atoms with E-state index in [1.165, 1.54) is 12.7 Å². The SMILES string of the molecule is C[C@H](Nc1ncnc2nc[nH]c12)c1cc2cccc(Cl)c2c(SCCN2CCOCC2)n1.C[C@H](Nc1ncnc2nc[nH]c12)c1cc2cccc(Cl)c2c(SCC[N+]2([O-])CCOCC2)n1.[Na+].[O-][I+3]([O-])([O-])[O-]. The Kier molecular flexibility index (Phi) is 20.0. The van der Waals surface area contributed by atoms with Crippen LogP contribution < -0.4 is 74.0 Å². The average Bonchev–Trinajstić information content (AvgIpc) is 4.03. The first kappa shape index (κ1) is 55.4. The van der Waals surface area contributed by atoms with Gasteiger partial charge in [0.1, 0.15) is 66.9 Å². The van der Waals surface area contributed by atoms with Crippen molar-refractivity contribution in [2.24, 2.45) is 0 Å². The van der Waals surface area contributed by atoms with E-state index < -0.39 is 20.1 Å². The van der Waals surface area contributed by atoms with Crippen LogP contribution in [-0.2, 0) is 9.47 Å². The molecule has 0 bridgehead atoms. The molecule has 10 rings (SSSR count). The second kappa shape index (κ2) is 25.7. The second-order valence-electron chi connectivity index (χ2n) is 16.1. The Morgan fingerprint density at radius 1 is 0.704 bits per heavy atom. The van der Waals surface area contributed by atoms with Gasteiger partial charge in [0, 0.05) is 41.9 Å². The number of anilines is 2. The number of aromatic nitrogens is 10. The minimum absolute atomic E-state index is 0. The summed E-state index contributed by atoms with van der Waals surface area (Å²) in [5, 5.41) is 26.9. The largest absolute Gasteiger partial charge is 1.00 e. The number of quaternary nitrogens is 1. The van der Waals surface area contributed by atoms with Crippen LogP contribution in [0.2, 0.25) is 10.0 Å². The van der Waals surface area contributed by atoms with Crippen molar-refractivity contribution in [2.75, 3.05) is 87.8 Å². The molecule has 27 heteroatoms. The zero-order valence-electron chi connectivity index (χ0n) is 38.8. The maximum absolute atomic E-state index is 12.9. The minimum Gasteiger partial charge on any atom is -0.633 e. The van der Waals surface area contributed by atoms with Gasteiger partial charge in [-0.3, -0.25) is 18.6 Å². The van der Waals surface area contributed by atoms with E-state index in [0.717, 1.165) is 97.6 Å². The fourth-order valence-electron chi connectivity index (χ4n) is 7.77. The van der Waals surface area contributed by atoms with Crippen LogP contribution in [-0.4, -0.2) is 137 Å². The van der Waals surface area contributed by atoms with Crippen LogP contribution in [0, 0.1) is 5.21 Å². The average molecular weight is 1170 g/mol. The predicted molar refractivity (Wildman–Crippen MR) is 259 cm³/mol. The Labute approximate surface area is 454 Å². The van der Waals surface area contributed by atoms with Gasteiger partial charge in [0.15, 0.2) is 22.9 Å². The number of hydrogen-bond acceptors (Lipinski definition) is 20. The van der Waals surface area contributed by atoms with Crippen molar-refractivity contribution in [2.45, 2.75) is 36.0 Å². The van der Waals surface area contributed by atoms with Gasteiger partial charge in [-0.2, -0.15) is 0 Å². The van der Waals surface area contributed by atoms with E-state index in [1.807, 2.05) is 43.3 Å². The van der Waals surface area contributed by atoms with Gasteiger partial charge in [0.05, 0.1) is 79.1 Å². The molecule has 2 fully saturated rings. The summed E-state index contributed by atoms with van der Waals surface area (Å²) >= 11 is 10.5. The van der Waals surface area contributed by atoms with Crippen molar-refractivity contribution in [1.82, 2.24) is 54.7 Å². The summed E-state index contributed by atoms with van der Waals surface area (Å²) in [6, 6.07) is 15.8. The Hall–Kier alpha value is -3.39. The third-order valence-corrected chi connectivity index (χ3v) is 13.9. The molecule has 71 heavy (non-hydrogen) atoms. The number of halogens is 3. The molecule has 0 amide bonds. The number of imidazole rings is 2. The van der Waals surface area contributed by atoms with Gasteiger partial charge >= 0.3 is 29.6 Å². The number of aromatic amines is 2. The first-order valence-electron chi connectivity index (χ1n) is 22.0. The smallest absolute Gasteiger partial charge is 0.633 e. The number of morpholine rings is 2. The number of nitrogens with zero attached hydrogens (tertiary/aromatic N) is 10. The van der Waals surface area contributed by atoms with Crippen LogP contribution >= 0.6 is 46.7 Å². The van der Waals surface area contributed by atoms with Crippen LogP contribution in [0.15, 0.2) is 83.9 Å². The van der Waals surface area contributed by atoms with E-state index in [0.29, 0.717) is 66.6 Å². The van der Waals surface area contributed by atoms with Gasteiger partial charge in [-0.05, 0) is 48.9 Å². The van der Waals surface area contributed by atoms with E-state index in [-0.39, 0.29) is 46.3 Å². The topological polar surface area (TPSA) is 296 Å². The molecule has 8 aromatic rings. The van der Waals surface area contributed by atoms with Crippen molar-refractivity contribution >= 4 is 102 Å². The molecule has 2 aliphatic heterocycles. The number of hydrogen-bond donors (Lipinski definition) is 4. The van der Waals surface area contributed by atoms with Crippen molar-refractivity contribution in [3.05, 3.63) is 100 Å². The van der Waals surface area contributed by atoms with E-state index in [9.17, 15) is 5.21 Å². The summed E-state index contributed by atoms with van der Waals surface area (Å²) in [6.07, 6.45) is 6.22. The summed E-state index contributed by atoms with van der Waals surface area (Å²) in [5.74, 6) is 2.97. The molecular weight excluding hydrogens is 1120 g/mol. The van der Waals surface area contributed by atoms with E-state index in [2.05, 4.69) is 74.5 Å². The number of benzene rings is 2. The molecule has 4 N–H and O–H groups in total. The molecule has 0 aliphatic carbocycles. The van der Waals surface area contributed by atoms with Crippen molar-refractivity contribution in [1.29, 1.82) is 0 Å². The van der Waals surface area contributed by atoms with E-state index in [1.54, 1.807) is 36.2 Å². The molecule has 2 saturated heterocycles. The maximum Gasteiger partial charge on any atom is 1.00 e. The van der Waals surface area contributed by atoms with Gasteiger partial charge < -0.3 is 39.9 Å². The molecule has 0 radical (unpaired) electrons. The number of pyridine rings is 2. The molecule has 2 aromatic carbocycles. The summed E-state index contributed by atoms with van der Waals surface area (Å²) in [6.45, 7) is 11.2. The number of rotatable bonds is 14. The molecule has 21 nitrogen and oxygen atoms in total. The first-order valence-corrected chi connectivity index (χ1v) is 28.3. The van der Waals surface area contributed by atoms with Gasteiger partial charge in [-0.15, -0.1) is 11.8 Å². The summed E-state index contributed by atoms with van der Waals surface area (Å²) in [5.41, 5.74) is 4.55. The molecule has 0 unspecified atom stereocenters. The minimum atomic E-state index is -5.94. The summed E-state index contributed by atoms with van der Waals surface area (Å²) in [4.78, 5) is 44.0. The summed E-state index contributed by atoms with van der Waals surface area (Å²) < 4.78 is 45.0. The molecule has 6 aromatic heterocycles. The third-order valence-electron chi connectivity index (χ3n) is 11.4. The normalized spacial score (nSPS) is 15.8. The standard InChI is InChI=1S/C22H24ClN7O2S.C22H24ClN7OS.IO4.Na/c1-14(28-21-19-20(25-12-24-19)26-13-27-21)17-11-15-3-2-4-16(23)18(15)22(29-17)33-10-7-30(31)5-8-32-9-6-30;1-14(28-21-19-20(25-12-24-19)26-13-27-21)17-11-15-3-2-4-16(23)18(15)22(29-17)32-10-7-30-5-8-31-9-6-30;2-1(3,4)5;/h2-4,11-14H,5-10H2,1H3,(H2,24,25,26,27,28);2-4,11-14H,5-10H2,1H3,(H2,24,25,26,27,28);;/q;;-1;+1/t2*14-;;/m00../s1. The molecule has 0 saturated carbocycles. The number of nitrogens with one attached hydrogen (secondary N) is 4. The Bertz CT molecular complexity index is 3020. The second-order valence-corrected chi connectivity index (χ2v) is 21.3. The quantitative estimate of drug-likeness (QED) is 0.0289. The number of hydroxylamine groups is 3. The fraction of sp³-hybridized carbons (Fsp3) is 0.364. The van der Waals surface area contributed by atoms with Crippen LogP contribution in [0.25, 0.3) is 43.9 Å². The number of fused-ring (bicyclic) bond motifs is 4. The van der Waals surface area contributed by atoms with Crippen LogP contribution in [0.4, 0.5) is 11.6 Å². The molecule has 0 spiro atoms. The van der Waals surface area contributed by atoms with Crippen molar-refractivity contribution in [3.63, 3.8) is 0 Å². The first-order chi connectivity index (χ1) is 33.7. The zero-order chi connectivity index (χ0) is 49.3. The van der Waals surface area contributed by atoms with Crippen LogP contribution in [0.3, 0.4) is 0 Å². The summed E-state index contributed by atoms with van der Waals surface area (Å²) in [7, 11) is 0. The fourth-order valence-corrected chi connectivity index (χ4v) is 10.7. The zero-order valence-corrected chi connectivity index (χ0v) is 46.2. The third kappa shape index (κ3) is 15.1. The number of ether oxygens (including phenoxy) is 2. The van der Waals surface area contributed by atoms with Gasteiger partial charge in [0.25, 0.3) is 0 Å². The Morgan fingerprint density at radius 2 is 1.17 bits per heavy atom. The Balaban J connectivity index is 0.000000188. The predicted octanol–water partition coefficient (Wildman–Crippen LogP) is -2.43.